The summed E-state index contributed by atoms with van der Waals surface area (Å²) in [4.78, 5) is 53.4. The van der Waals surface area contributed by atoms with E-state index in [2.05, 4.69) is 5.32 Å². The van der Waals surface area contributed by atoms with E-state index in [4.69, 9.17) is 15.2 Å². The third-order valence-corrected chi connectivity index (χ3v) is 6.06. The van der Waals surface area contributed by atoms with E-state index in [9.17, 15) is 19.2 Å². The SMILES string of the molecule is CCO[C@@H]1CC[C@H]2CC[C@@H](C(N)=O)N2C(=O)[C@@H](NC(=O)[C@H](C)N(C)C(=O)OC(C)(C)C)C1. The van der Waals surface area contributed by atoms with Gasteiger partial charge in [0.2, 0.25) is 17.7 Å². The second-order valence-corrected chi connectivity index (χ2v) is 9.61. The van der Waals surface area contributed by atoms with Crippen molar-refractivity contribution in [3.63, 3.8) is 0 Å². The smallest absolute Gasteiger partial charge is 0.410 e. The average molecular weight is 455 g/mol. The molecule has 2 fully saturated rings. The molecular formula is C22H38N4O6. The van der Waals surface area contributed by atoms with Crippen molar-refractivity contribution in [2.24, 2.45) is 5.73 Å². The van der Waals surface area contributed by atoms with Crippen LogP contribution >= 0.6 is 0 Å². The summed E-state index contributed by atoms with van der Waals surface area (Å²) in [6.45, 7) is 9.18. The van der Waals surface area contributed by atoms with Crippen LogP contribution in [0.25, 0.3) is 0 Å². The van der Waals surface area contributed by atoms with Crippen LogP contribution in [-0.4, -0.2) is 83.1 Å². The lowest BCUT2D eigenvalue weighted by atomic mass is 9.96. The molecule has 2 heterocycles. The molecule has 2 aliphatic heterocycles. The first kappa shape index (κ1) is 25.9. The molecule has 0 bridgehead atoms. The quantitative estimate of drug-likeness (QED) is 0.619. The van der Waals surface area contributed by atoms with Crippen LogP contribution in [0.15, 0.2) is 0 Å². The van der Waals surface area contributed by atoms with Gasteiger partial charge in [0.25, 0.3) is 0 Å². The molecule has 2 aliphatic rings. The highest BCUT2D eigenvalue weighted by Crippen LogP contribution is 2.32. The Balaban J connectivity index is 2.18. The first-order valence-corrected chi connectivity index (χ1v) is 11.3. The van der Waals surface area contributed by atoms with Crippen LogP contribution < -0.4 is 11.1 Å². The monoisotopic (exact) mass is 454 g/mol. The fourth-order valence-corrected chi connectivity index (χ4v) is 4.29. The van der Waals surface area contributed by atoms with Crippen molar-refractivity contribution in [1.29, 1.82) is 0 Å². The summed E-state index contributed by atoms with van der Waals surface area (Å²) < 4.78 is 11.1. The second kappa shape index (κ2) is 10.5. The highest BCUT2D eigenvalue weighted by atomic mass is 16.6. The fraction of sp³-hybridized carbons (Fsp3) is 0.818. The van der Waals surface area contributed by atoms with Crippen LogP contribution in [0, 0.1) is 0 Å². The number of amides is 4. The molecule has 10 heteroatoms. The summed E-state index contributed by atoms with van der Waals surface area (Å²) in [5, 5.41) is 2.78. The molecule has 0 aromatic rings. The normalized spacial score (nSPS) is 27.1. The fourth-order valence-electron chi connectivity index (χ4n) is 4.29. The third kappa shape index (κ3) is 6.34. The number of nitrogens with one attached hydrogen (secondary N) is 1. The number of hydrogen-bond donors (Lipinski definition) is 2. The van der Waals surface area contributed by atoms with Crippen LogP contribution in [0.5, 0.6) is 0 Å². The molecule has 0 aliphatic carbocycles. The Morgan fingerprint density at radius 3 is 2.41 bits per heavy atom. The van der Waals surface area contributed by atoms with E-state index < -0.39 is 41.6 Å². The van der Waals surface area contributed by atoms with Crippen molar-refractivity contribution in [3.05, 3.63) is 0 Å². The van der Waals surface area contributed by atoms with E-state index in [1.165, 1.54) is 11.9 Å². The van der Waals surface area contributed by atoms with Gasteiger partial charge in [0.1, 0.15) is 23.7 Å². The van der Waals surface area contributed by atoms with E-state index in [1.54, 1.807) is 32.6 Å². The molecule has 0 radical (unpaired) electrons. The van der Waals surface area contributed by atoms with Gasteiger partial charge in [-0.3, -0.25) is 19.3 Å². The lowest BCUT2D eigenvalue weighted by molar-refractivity contribution is -0.145. The van der Waals surface area contributed by atoms with Gasteiger partial charge in [-0.25, -0.2) is 4.79 Å². The van der Waals surface area contributed by atoms with Gasteiger partial charge in [-0.2, -0.15) is 0 Å². The maximum absolute atomic E-state index is 13.4. The summed E-state index contributed by atoms with van der Waals surface area (Å²) in [7, 11) is 1.47. The Labute approximate surface area is 190 Å². The van der Waals surface area contributed by atoms with Gasteiger partial charge in [-0.1, -0.05) is 0 Å². The molecule has 32 heavy (non-hydrogen) atoms. The minimum absolute atomic E-state index is 0.107. The van der Waals surface area contributed by atoms with Crippen LogP contribution in [-0.2, 0) is 23.9 Å². The summed E-state index contributed by atoms with van der Waals surface area (Å²) in [6.07, 6.45) is 2.11. The summed E-state index contributed by atoms with van der Waals surface area (Å²) in [5.41, 5.74) is 4.85. The first-order chi connectivity index (χ1) is 14.9. The molecule has 0 aromatic heterocycles. The van der Waals surface area contributed by atoms with E-state index >= 15 is 0 Å². The van der Waals surface area contributed by atoms with Crippen molar-refractivity contribution in [2.45, 2.75) is 103 Å². The highest BCUT2D eigenvalue weighted by molar-refractivity contribution is 5.94. The lowest BCUT2D eigenvalue weighted by Gasteiger charge is -2.37. The van der Waals surface area contributed by atoms with E-state index in [1.807, 2.05) is 6.92 Å². The maximum Gasteiger partial charge on any atom is 0.410 e. The largest absolute Gasteiger partial charge is 0.444 e. The predicted molar refractivity (Wildman–Crippen MR) is 118 cm³/mol. The first-order valence-electron chi connectivity index (χ1n) is 11.3. The Morgan fingerprint density at radius 1 is 1.22 bits per heavy atom. The molecule has 10 nitrogen and oxygen atoms in total. The van der Waals surface area contributed by atoms with Crippen molar-refractivity contribution >= 4 is 23.8 Å². The Kier molecular flexibility index (Phi) is 8.50. The Bertz CT molecular complexity index is 722. The molecular weight excluding hydrogens is 416 g/mol. The molecule has 0 unspecified atom stereocenters. The summed E-state index contributed by atoms with van der Waals surface area (Å²) in [6, 6.07) is -2.52. The number of nitrogens with two attached hydrogens (primary N) is 1. The van der Waals surface area contributed by atoms with Gasteiger partial charge in [-0.05, 0) is 60.3 Å². The Morgan fingerprint density at radius 2 is 1.84 bits per heavy atom. The summed E-state index contributed by atoms with van der Waals surface area (Å²) >= 11 is 0. The van der Waals surface area contributed by atoms with Crippen molar-refractivity contribution in [1.82, 2.24) is 15.1 Å². The number of ether oxygens (including phenoxy) is 2. The van der Waals surface area contributed by atoms with Gasteiger partial charge >= 0.3 is 6.09 Å². The van der Waals surface area contributed by atoms with Crippen LogP contribution in [0.2, 0.25) is 0 Å². The maximum atomic E-state index is 13.4. The number of carbonyl (C=O) groups excluding carboxylic acids is 4. The minimum atomic E-state index is -0.878. The van der Waals surface area contributed by atoms with Gasteiger partial charge < -0.3 is 25.4 Å². The topological polar surface area (TPSA) is 131 Å². The van der Waals surface area contributed by atoms with Gasteiger partial charge in [-0.15, -0.1) is 0 Å². The lowest BCUT2D eigenvalue weighted by Crippen LogP contribution is -2.59. The number of rotatable bonds is 6. The molecule has 0 saturated carbocycles. The Hall–Kier alpha value is -2.36. The minimum Gasteiger partial charge on any atom is -0.444 e. The van der Waals surface area contributed by atoms with Crippen molar-refractivity contribution in [3.8, 4) is 0 Å². The zero-order chi connectivity index (χ0) is 24.2. The average Bonchev–Trinajstić information content (AvgIpc) is 3.11. The highest BCUT2D eigenvalue weighted by Gasteiger charge is 2.45. The number of primary amides is 1. The van der Waals surface area contributed by atoms with Gasteiger partial charge in [0, 0.05) is 26.1 Å². The van der Waals surface area contributed by atoms with Crippen molar-refractivity contribution < 1.29 is 28.7 Å². The van der Waals surface area contributed by atoms with Crippen LogP contribution in [0.3, 0.4) is 0 Å². The standard InChI is InChI=1S/C22H38N4O6/c1-7-31-15-10-8-14-9-11-17(18(23)27)26(14)20(29)16(12-15)24-19(28)13(2)25(6)21(30)32-22(3,4)5/h13-17H,7-12H2,1-6H3,(H2,23,27)(H,24,28)/t13-,14-,15+,16-,17-/m0/s1. The van der Waals surface area contributed by atoms with Crippen molar-refractivity contribution in [2.75, 3.05) is 13.7 Å². The number of nitrogens with zero attached hydrogens (tertiary/aromatic N) is 2. The zero-order valence-electron chi connectivity index (χ0n) is 20.1. The number of fused-ring (bicyclic) bond motifs is 1. The second-order valence-electron chi connectivity index (χ2n) is 9.61. The third-order valence-electron chi connectivity index (χ3n) is 6.06. The van der Waals surface area contributed by atoms with E-state index in [-0.39, 0.29) is 24.5 Å². The number of carbonyl (C=O) groups is 4. The number of hydrogen-bond acceptors (Lipinski definition) is 6. The molecule has 3 N–H and O–H groups in total. The van der Waals surface area contributed by atoms with Gasteiger partial charge in [0.05, 0.1) is 6.10 Å². The zero-order valence-corrected chi connectivity index (χ0v) is 20.1. The molecule has 2 saturated heterocycles. The molecule has 5 atom stereocenters. The van der Waals surface area contributed by atoms with E-state index in [0.29, 0.717) is 25.9 Å². The summed E-state index contributed by atoms with van der Waals surface area (Å²) in [5.74, 6) is -1.36. The molecule has 2 rings (SSSR count). The van der Waals surface area contributed by atoms with E-state index in [0.717, 1.165) is 6.42 Å². The van der Waals surface area contributed by atoms with Crippen LogP contribution in [0.1, 0.15) is 66.7 Å². The molecule has 4 amide bonds. The molecule has 0 aromatic carbocycles. The molecule has 182 valence electrons. The number of likely N-dealkylation sites (N-methyl/N-ethyl adjacent to an activating group) is 1. The van der Waals surface area contributed by atoms with Crippen LogP contribution in [0.4, 0.5) is 4.79 Å². The predicted octanol–water partition coefficient (Wildman–Crippen LogP) is 1.16. The molecule has 0 spiro atoms. The van der Waals surface area contributed by atoms with Gasteiger partial charge in [0.15, 0.2) is 0 Å².